The van der Waals surface area contributed by atoms with Crippen LogP contribution in [0.5, 0.6) is 0 Å². The summed E-state index contributed by atoms with van der Waals surface area (Å²) in [4.78, 5) is 11.5. The van der Waals surface area contributed by atoms with Crippen LogP contribution in [0.3, 0.4) is 0 Å². The van der Waals surface area contributed by atoms with Gasteiger partial charge < -0.3 is 11.5 Å². The normalized spacial score (nSPS) is 19.6. The molecule has 0 aromatic heterocycles. The predicted octanol–water partition coefficient (Wildman–Crippen LogP) is -0.820. The van der Waals surface area contributed by atoms with Crippen molar-refractivity contribution in [2.75, 3.05) is 19.6 Å². The quantitative estimate of drug-likeness (QED) is 0.541. The Morgan fingerprint density at radius 1 is 1.43 bits per heavy atom. The van der Waals surface area contributed by atoms with Crippen LogP contribution in [0.25, 0.3) is 0 Å². The van der Waals surface area contributed by atoms with Crippen molar-refractivity contribution >= 4 is 5.91 Å². The SMILES string of the molecule is NCCC[C@H](N)C(=O)NN1CCCC1. The second-order valence-electron chi connectivity index (χ2n) is 3.71. The maximum Gasteiger partial charge on any atom is 0.251 e. The van der Waals surface area contributed by atoms with Gasteiger partial charge in [0.1, 0.15) is 0 Å². The average Bonchev–Trinajstić information content (AvgIpc) is 2.66. The first-order valence-corrected chi connectivity index (χ1v) is 5.25. The van der Waals surface area contributed by atoms with Crippen LogP contribution in [0.2, 0.25) is 0 Å². The smallest absolute Gasteiger partial charge is 0.251 e. The van der Waals surface area contributed by atoms with Crippen LogP contribution < -0.4 is 16.9 Å². The number of amides is 1. The summed E-state index contributed by atoms with van der Waals surface area (Å²) in [6.45, 7) is 2.47. The van der Waals surface area contributed by atoms with Gasteiger partial charge in [-0.3, -0.25) is 10.2 Å². The number of hydrogen-bond donors (Lipinski definition) is 3. The molecule has 5 heteroatoms. The summed E-state index contributed by atoms with van der Waals surface area (Å²) in [5.74, 6) is -0.0830. The molecule has 0 bridgehead atoms. The fraction of sp³-hybridized carbons (Fsp3) is 0.889. The Balaban J connectivity index is 2.18. The minimum Gasteiger partial charge on any atom is -0.330 e. The first kappa shape index (κ1) is 11.4. The van der Waals surface area contributed by atoms with E-state index in [9.17, 15) is 4.79 Å². The largest absolute Gasteiger partial charge is 0.330 e. The molecule has 0 aromatic rings. The molecule has 14 heavy (non-hydrogen) atoms. The van der Waals surface area contributed by atoms with Crippen LogP contribution in [-0.4, -0.2) is 36.6 Å². The monoisotopic (exact) mass is 200 g/mol. The van der Waals surface area contributed by atoms with Crippen molar-refractivity contribution in [2.45, 2.75) is 31.7 Å². The zero-order valence-corrected chi connectivity index (χ0v) is 8.54. The molecular formula is C9H20N4O. The number of hydrogen-bond acceptors (Lipinski definition) is 4. The number of rotatable bonds is 5. The van der Waals surface area contributed by atoms with Crippen LogP contribution in [0, 0.1) is 0 Å². The highest BCUT2D eigenvalue weighted by Gasteiger charge is 2.18. The lowest BCUT2D eigenvalue weighted by molar-refractivity contribution is -0.126. The Bertz CT molecular complexity index is 180. The Hall–Kier alpha value is -0.650. The molecule has 82 valence electrons. The molecule has 1 fully saturated rings. The van der Waals surface area contributed by atoms with Gasteiger partial charge in [0.2, 0.25) is 0 Å². The topological polar surface area (TPSA) is 84.4 Å². The maximum atomic E-state index is 11.5. The van der Waals surface area contributed by atoms with Crippen LogP contribution in [-0.2, 0) is 4.79 Å². The van der Waals surface area contributed by atoms with Gasteiger partial charge in [0.15, 0.2) is 0 Å². The maximum absolute atomic E-state index is 11.5. The molecule has 1 aliphatic heterocycles. The summed E-state index contributed by atoms with van der Waals surface area (Å²) in [6, 6.07) is -0.417. The molecule has 1 amide bonds. The molecule has 1 aliphatic rings. The van der Waals surface area contributed by atoms with E-state index >= 15 is 0 Å². The second kappa shape index (κ2) is 5.95. The third-order valence-corrected chi connectivity index (χ3v) is 2.43. The van der Waals surface area contributed by atoms with Gasteiger partial charge in [0.25, 0.3) is 5.91 Å². The van der Waals surface area contributed by atoms with Crippen molar-refractivity contribution in [2.24, 2.45) is 11.5 Å². The molecule has 1 atom stereocenters. The first-order valence-electron chi connectivity index (χ1n) is 5.25. The van der Waals surface area contributed by atoms with Gasteiger partial charge in [-0.1, -0.05) is 0 Å². The van der Waals surface area contributed by atoms with Crippen molar-refractivity contribution < 1.29 is 4.79 Å². The molecule has 1 heterocycles. The molecule has 1 rings (SSSR count). The zero-order valence-electron chi connectivity index (χ0n) is 8.54. The van der Waals surface area contributed by atoms with Gasteiger partial charge >= 0.3 is 0 Å². The van der Waals surface area contributed by atoms with Crippen LogP contribution in [0.4, 0.5) is 0 Å². The minimum atomic E-state index is -0.417. The van der Waals surface area contributed by atoms with Crippen molar-refractivity contribution in [1.29, 1.82) is 0 Å². The highest BCUT2D eigenvalue weighted by atomic mass is 16.2. The third-order valence-electron chi connectivity index (χ3n) is 2.43. The molecule has 0 unspecified atom stereocenters. The van der Waals surface area contributed by atoms with Crippen molar-refractivity contribution in [3.63, 3.8) is 0 Å². The number of nitrogens with one attached hydrogen (secondary N) is 1. The van der Waals surface area contributed by atoms with Crippen LogP contribution >= 0.6 is 0 Å². The van der Waals surface area contributed by atoms with Gasteiger partial charge in [-0.25, -0.2) is 5.01 Å². The molecule has 0 aliphatic carbocycles. The summed E-state index contributed by atoms with van der Waals surface area (Å²) in [5.41, 5.74) is 13.8. The van der Waals surface area contributed by atoms with E-state index in [1.807, 2.05) is 5.01 Å². The van der Waals surface area contributed by atoms with Gasteiger partial charge in [-0.05, 0) is 32.2 Å². The Morgan fingerprint density at radius 3 is 2.64 bits per heavy atom. The number of carbonyl (C=O) groups is 1. The summed E-state index contributed by atoms with van der Waals surface area (Å²) in [6.07, 6.45) is 3.77. The highest BCUT2D eigenvalue weighted by molar-refractivity contribution is 5.80. The summed E-state index contributed by atoms with van der Waals surface area (Å²) >= 11 is 0. The lowest BCUT2D eigenvalue weighted by Gasteiger charge is -2.19. The van der Waals surface area contributed by atoms with Gasteiger partial charge in [-0.15, -0.1) is 0 Å². The van der Waals surface area contributed by atoms with Crippen LogP contribution in [0.1, 0.15) is 25.7 Å². The molecule has 0 spiro atoms. The molecule has 5 nitrogen and oxygen atoms in total. The fourth-order valence-electron chi connectivity index (χ4n) is 1.54. The van der Waals surface area contributed by atoms with E-state index < -0.39 is 6.04 Å². The fourth-order valence-corrected chi connectivity index (χ4v) is 1.54. The third kappa shape index (κ3) is 3.61. The number of nitrogens with two attached hydrogens (primary N) is 2. The van der Waals surface area contributed by atoms with E-state index in [1.165, 1.54) is 0 Å². The number of carbonyl (C=O) groups excluding carboxylic acids is 1. The Labute approximate surface area is 84.8 Å². The van der Waals surface area contributed by atoms with E-state index in [0.29, 0.717) is 13.0 Å². The molecular weight excluding hydrogens is 180 g/mol. The van der Waals surface area contributed by atoms with E-state index in [4.69, 9.17) is 11.5 Å². The molecule has 1 saturated heterocycles. The Kier molecular flexibility index (Phi) is 4.86. The van der Waals surface area contributed by atoms with Crippen molar-refractivity contribution in [3.8, 4) is 0 Å². The van der Waals surface area contributed by atoms with Gasteiger partial charge in [0, 0.05) is 13.1 Å². The number of nitrogens with zero attached hydrogens (tertiary/aromatic N) is 1. The highest BCUT2D eigenvalue weighted by Crippen LogP contribution is 2.04. The van der Waals surface area contributed by atoms with E-state index in [1.54, 1.807) is 0 Å². The van der Waals surface area contributed by atoms with Crippen LogP contribution in [0.15, 0.2) is 0 Å². The summed E-state index contributed by atoms with van der Waals surface area (Å²) in [7, 11) is 0. The van der Waals surface area contributed by atoms with Crippen molar-refractivity contribution in [3.05, 3.63) is 0 Å². The number of hydrazine groups is 1. The lowest BCUT2D eigenvalue weighted by atomic mass is 10.1. The van der Waals surface area contributed by atoms with Gasteiger partial charge in [0.05, 0.1) is 6.04 Å². The molecule has 0 saturated carbocycles. The van der Waals surface area contributed by atoms with Crippen molar-refractivity contribution in [1.82, 2.24) is 10.4 Å². The van der Waals surface area contributed by atoms with E-state index in [2.05, 4.69) is 5.43 Å². The molecule has 0 aromatic carbocycles. The van der Waals surface area contributed by atoms with E-state index in [0.717, 1.165) is 32.4 Å². The molecule has 5 N–H and O–H groups in total. The Morgan fingerprint density at radius 2 is 2.07 bits per heavy atom. The average molecular weight is 200 g/mol. The second-order valence-corrected chi connectivity index (χ2v) is 3.71. The predicted molar refractivity (Wildman–Crippen MR) is 55.2 cm³/mol. The molecule has 0 radical (unpaired) electrons. The summed E-state index contributed by atoms with van der Waals surface area (Å²) < 4.78 is 0. The lowest BCUT2D eigenvalue weighted by Crippen LogP contribution is -2.48. The minimum absolute atomic E-state index is 0.0830. The first-order chi connectivity index (χ1) is 6.74. The van der Waals surface area contributed by atoms with Gasteiger partial charge in [-0.2, -0.15) is 0 Å². The zero-order chi connectivity index (χ0) is 10.4. The van der Waals surface area contributed by atoms with E-state index in [-0.39, 0.29) is 5.91 Å². The standard InChI is InChI=1S/C9H20N4O/c10-5-3-4-8(11)9(14)12-13-6-1-2-7-13/h8H,1-7,10-11H2,(H,12,14)/t8-/m0/s1. The summed E-state index contributed by atoms with van der Waals surface area (Å²) in [5, 5.41) is 1.94.